The van der Waals surface area contributed by atoms with E-state index in [0.29, 0.717) is 19.6 Å². The number of aliphatic hydroxyl groups is 1. The zero-order valence-electron chi connectivity index (χ0n) is 19.2. The number of nitrogens with one attached hydrogen (secondary N) is 1. The van der Waals surface area contributed by atoms with E-state index < -0.39 is 6.04 Å². The minimum Gasteiger partial charge on any atom is -0.396 e. The molecule has 5 rings (SSSR count). The van der Waals surface area contributed by atoms with Gasteiger partial charge < -0.3 is 15.0 Å². The van der Waals surface area contributed by atoms with E-state index in [1.165, 1.54) is 0 Å². The van der Waals surface area contributed by atoms with Gasteiger partial charge in [0.25, 0.3) is 5.56 Å². The minimum absolute atomic E-state index is 0.0246. The van der Waals surface area contributed by atoms with Crippen molar-refractivity contribution < 1.29 is 9.90 Å². The Kier molecular flexibility index (Phi) is 6.21. The number of hydrogen-bond donors (Lipinski definition) is 2. The molecule has 1 saturated heterocycles. The van der Waals surface area contributed by atoms with E-state index in [4.69, 9.17) is 0 Å². The summed E-state index contributed by atoms with van der Waals surface area (Å²) < 4.78 is 1.91. The molecule has 1 aliphatic carbocycles. The molecule has 3 heterocycles. The number of likely N-dealkylation sites (tertiary alicyclic amines) is 1. The predicted octanol–water partition coefficient (Wildman–Crippen LogP) is 3.11. The summed E-state index contributed by atoms with van der Waals surface area (Å²) in [5.41, 5.74) is 4.12. The Morgan fingerprint density at radius 2 is 2.00 bits per heavy atom. The van der Waals surface area contributed by atoms with Gasteiger partial charge in [0, 0.05) is 49.3 Å². The second kappa shape index (κ2) is 9.27. The maximum atomic E-state index is 13.5. The Balaban J connectivity index is 1.55. The highest BCUT2D eigenvalue weighted by atomic mass is 16.3. The smallest absolute Gasteiger partial charge is 0.258 e. The van der Waals surface area contributed by atoms with Crippen LogP contribution in [0.3, 0.4) is 0 Å². The molecular weight excluding hydrogens is 414 g/mol. The number of aliphatic hydroxyl groups excluding tert-OH is 1. The lowest BCUT2D eigenvalue weighted by Gasteiger charge is -2.31. The molecule has 1 fully saturated rings. The Morgan fingerprint density at radius 3 is 2.70 bits per heavy atom. The molecule has 4 atom stereocenters. The van der Waals surface area contributed by atoms with Gasteiger partial charge in [0.05, 0.1) is 12.1 Å². The van der Waals surface area contributed by atoms with E-state index in [-0.39, 0.29) is 36.0 Å². The summed E-state index contributed by atoms with van der Waals surface area (Å²) in [6.07, 6.45) is 6.15. The molecule has 0 radical (unpaired) electrons. The number of fused-ring (bicyclic) bond motifs is 3. The van der Waals surface area contributed by atoms with Crippen LogP contribution in [0.2, 0.25) is 0 Å². The highest BCUT2D eigenvalue weighted by Crippen LogP contribution is 2.50. The fourth-order valence-electron chi connectivity index (χ4n) is 6.09. The quantitative estimate of drug-likeness (QED) is 0.684. The monoisotopic (exact) mass is 447 g/mol. The van der Waals surface area contributed by atoms with Crippen molar-refractivity contribution in [1.82, 2.24) is 14.8 Å². The van der Waals surface area contributed by atoms with Gasteiger partial charge in [-0.1, -0.05) is 43.3 Å². The number of amides is 1. The zero-order chi connectivity index (χ0) is 22.9. The third-order valence-corrected chi connectivity index (χ3v) is 7.60. The second-order valence-corrected chi connectivity index (χ2v) is 9.56. The van der Waals surface area contributed by atoms with Gasteiger partial charge in [-0.05, 0) is 49.0 Å². The van der Waals surface area contributed by atoms with Crippen LogP contribution in [0.5, 0.6) is 0 Å². The molecule has 33 heavy (non-hydrogen) atoms. The van der Waals surface area contributed by atoms with E-state index in [1.54, 1.807) is 0 Å². The van der Waals surface area contributed by atoms with Crippen molar-refractivity contribution in [1.29, 1.82) is 0 Å². The summed E-state index contributed by atoms with van der Waals surface area (Å²) in [5.74, 6) is -0.219. The summed E-state index contributed by atoms with van der Waals surface area (Å²) >= 11 is 0. The Morgan fingerprint density at radius 1 is 1.18 bits per heavy atom. The molecule has 6 nitrogen and oxygen atoms in total. The number of hydrogen-bond acceptors (Lipinski definition) is 4. The normalized spacial score (nSPS) is 26.2. The third-order valence-electron chi connectivity index (χ3n) is 7.60. The Hall–Kier alpha value is -2.70. The maximum absolute atomic E-state index is 13.5. The fraction of sp³-hybridized carbons (Fsp3) is 0.481. The lowest BCUT2D eigenvalue weighted by Crippen LogP contribution is -2.48. The van der Waals surface area contributed by atoms with Crippen LogP contribution in [-0.4, -0.2) is 39.7 Å². The molecule has 0 unspecified atom stereocenters. The Bertz CT molecular complexity index is 1110. The van der Waals surface area contributed by atoms with Crippen molar-refractivity contribution in [2.45, 2.75) is 57.8 Å². The summed E-state index contributed by atoms with van der Waals surface area (Å²) in [5, 5.41) is 13.5. The summed E-state index contributed by atoms with van der Waals surface area (Å²) in [7, 11) is 0. The van der Waals surface area contributed by atoms with Crippen LogP contribution in [-0.2, 0) is 17.9 Å². The molecule has 0 bridgehead atoms. The van der Waals surface area contributed by atoms with Crippen LogP contribution in [0, 0.1) is 11.8 Å². The van der Waals surface area contributed by atoms with Crippen LogP contribution in [0.15, 0.2) is 53.3 Å². The summed E-state index contributed by atoms with van der Waals surface area (Å²) in [6, 6.07) is 13.7. The predicted molar refractivity (Wildman–Crippen MR) is 128 cm³/mol. The van der Waals surface area contributed by atoms with Crippen molar-refractivity contribution in [2.75, 3.05) is 13.2 Å². The highest BCUT2D eigenvalue weighted by molar-refractivity contribution is 5.82. The molecule has 6 heteroatoms. The SMILES string of the molecule is CCCNC(=O)[C@@H]1[C@@H](CO)[C@@H]2Cn3c(ccc(C4=CCCC4)c3=O)[C@@H]2N1Cc1ccccc1. The van der Waals surface area contributed by atoms with Gasteiger partial charge in [0.15, 0.2) is 0 Å². The number of pyridine rings is 1. The van der Waals surface area contributed by atoms with Crippen molar-refractivity contribution in [3.63, 3.8) is 0 Å². The summed E-state index contributed by atoms with van der Waals surface area (Å²) in [6.45, 7) is 3.74. The molecule has 2 N–H and O–H groups in total. The molecule has 0 spiro atoms. The van der Waals surface area contributed by atoms with Crippen molar-refractivity contribution in [2.24, 2.45) is 11.8 Å². The van der Waals surface area contributed by atoms with Crippen molar-refractivity contribution in [3.05, 3.63) is 75.7 Å². The first-order valence-electron chi connectivity index (χ1n) is 12.3. The maximum Gasteiger partial charge on any atom is 0.258 e. The van der Waals surface area contributed by atoms with Gasteiger partial charge in [-0.2, -0.15) is 0 Å². The number of aromatic nitrogens is 1. The van der Waals surface area contributed by atoms with Crippen LogP contribution in [0.1, 0.15) is 55.5 Å². The molecule has 0 saturated carbocycles. The van der Waals surface area contributed by atoms with Gasteiger partial charge in [0.1, 0.15) is 0 Å². The number of rotatable bonds is 7. The van der Waals surface area contributed by atoms with E-state index in [1.807, 2.05) is 35.8 Å². The van der Waals surface area contributed by atoms with Gasteiger partial charge in [0.2, 0.25) is 5.91 Å². The van der Waals surface area contributed by atoms with Crippen LogP contribution >= 0.6 is 0 Å². The minimum atomic E-state index is -0.419. The van der Waals surface area contributed by atoms with Crippen molar-refractivity contribution in [3.8, 4) is 0 Å². The second-order valence-electron chi connectivity index (χ2n) is 9.56. The average Bonchev–Trinajstić information content (AvgIpc) is 3.55. The van der Waals surface area contributed by atoms with E-state index in [0.717, 1.165) is 48.1 Å². The molecule has 3 aliphatic rings. The lowest BCUT2D eigenvalue weighted by molar-refractivity contribution is -0.128. The Labute approximate surface area is 194 Å². The highest BCUT2D eigenvalue weighted by Gasteiger charge is 2.55. The van der Waals surface area contributed by atoms with Gasteiger partial charge in [-0.15, -0.1) is 0 Å². The standard InChI is InChI=1S/C27H33N3O3/c1-2-14-28-26(32)25-22(17-31)21-16-29-23(13-12-20(27(29)33)19-10-6-7-11-19)24(21)30(25)15-18-8-4-3-5-9-18/h3-5,8-10,12-13,21-22,24-25,31H,2,6-7,11,14-17H2,1H3,(H,28,32)/t21-,22-,24+,25-/m0/s1. The largest absolute Gasteiger partial charge is 0.396 e. The fourth-order valence-corrected chi connectivity index (χ4v) is 6.09. The van der Waals surface area contributed by atoms with E-state index in [9.17, 15) is 14.7 Å². The lowest BCUT2D eigenvalue weighted by atomic mass is 9.88. The molecular formula is C27H33N3O3. The first-order chi connectivity index (χ1) is 16.1. The number of carbonyl (C=O) groups is 1. The molecule has 2 aliphatic heterocycles. The van der Waals surface area contributed by atoms with Gasteiger partial charge >= 0.3 is 0 Å². The number of benzene rings is 1. The molecule has 1 aromatic carbocycles. The molecule has 1 amide bonds. The van der Waals surface area contributed by atoms with Gasteiger partial charge in [-0.3, -0.25) is 14.5 Å². The molecule has 174 valence electrons. The number of nitrogens with zero attached hydrogens (tertiary/aromatic N) is 2. The summed E-state index contributed by atoms with van der Waals surface area (Å²) in [4.78, 5) is 29.0. The molecule has 1 aromatic heterocycles. The third kappa shape index (κ3) is 3.85. The first kappa shape index (κ1) is 22.1. The topological polar surface area (TPSA) is 74.6 Å². The van der Waals surface area contributed by atoms with Crippen LogP contribution < -0.4 is 10.9 Å². The number of allylic oxidation sites excluding steroid dienone is 2. The van der Waals surface area contributed by atoms with Crippen LogP contribution in [0.4, 0.5) is 0 Å². The first-order valence-corrected chi connectivity index (χ1v) is 12.3. The molecule has 2 aromatic rings. The van der Waals surface area contributed by atoms with E-state index in [2.05, 4.69) is 34.5 Å². The van der Waals surface area contributed by atoms with Crippen molar-refractivity contribution >= 4 is 11.5 Å². The van der Waals surface area contributed by atoms with Crippen LogP contribution in [0.25, 0.3) is 5.57 Å². The van der Waals surface area contributed by atoms with E-state index >= 15 is 0 Å². The zero-order valence-corrected chi connectivity index (χ0v) is 19.2. The number of carbonyl (C=O) groups excluding carboxylic acids is 1. The average molecular weight is 448 g/mol. The van der Waals surface area contributed by atoms with Gasteiger partial charge in [-0.25, -0.2) is 0 Å².